The van der Waals surface area contributed by atoms with Crippen LogP contribution in [0, 0.1) is 0 Å². The number of nitrogens with one attached hydrogen (secondary N) is 1. The number of hydrogen-bond donors (Lipinski definition) is 3. The Hall–Kier alpha value is -1.24. The number of aromatic amines is 1. The first-order valence-electron chi connectivity index (χ1n) is 3.70. The van der Waals surface area contributed by atoms with Crippen LogP contribution < -0.4 is 5.73 Å². The van der Waals surface area contributed by atoms with Crippen LogP contribution in [-0.4, -0.2) is 31.5 Å². The number of aromatic nitrogens is 3. The van der Waals surface area contributed by atoms with Crippen LogP contribution in [0.3, 0.4) is 0 Å². The zero-order valence-corrected chi connectivity index (χ0v) is 7.84. The molecule has 1 rings (SSSR count). The molecule has 0 aliphatic rings. The van der Waals surface area contributed by atoms with Gasteiger partial charge in [0, 0.05) is 0 Å². The average molecular weight is 202 g/mol. The minimum atomic E-state index is -0.865. The van der Waals surface area contributed by atoms with Crippen molar-refractivity contribution in [3.05, 3.63) is 0 Å². The highest BCUT2D eigenvalue weighted by molar-refractivity contribution is 8.00. The Morgan fingerprint density at radius 2 is 2.54 bits per heavy atom. The number of carboxylic acids is 1. The number of carboxylic acid groups (broad SMARTS) is 1. The highest BCUT2D eigenvalue weighted by Gasteiger charge is 2.18. The second kappa shape index (κ2) is 4.13. The number of hydrogen-bond acceptors (Lipinski definition) is 5. The van der Waals surface area contributed by atoms with Crippen LogP contribution in [0.2, 0.25) is 0 Å². The molecule has 1 atom stereocenters. The van der Waals surface area contributed by atoms with Crippen molar-refractivity contribution >= 4 is 23.7 Å². The van der Waals surface area contributed by atoms with E-state index in [-0.39, 0.29) is 5.95 Å². The fraction of sp³-hybridized carbons (Fsp3) is 0.500. The maximum absolute atomic E-state index is 10.6. The van der Waals surface area contributed by atoms with Gasteiger partial charge in [-0.3, -0.25) is 4.79 Å². The standard InChI is InChI=1S/C6H10N4O2S/c1-2-3(4(11)12)13-6-8-5(7)9-10-6/h3H,2H2,1H3,(H,11,12)(H3,7,8,9,10). The number of rotatable bonds is 4. The van der Waals surface area contributed by atoms with Gasteiger partial charge in [-0.1, -0.05) is 18.7 Å². The Morgan fingerprint density at radius 3 is 2.92 bits per heavy atom. The largest absolute Gasteiger partial charge is 0.480 e. The molecule has 1 heterocycles. The topological polar surface area (TPSA) is 105 Å². The van der Waals surface area contributed by atoms with Crippen molar-refractivity contribution < 1.29 is 9.90 Å². The van der Waals surface area contributed by atoms with E-state index in [1.165, 1.54) is 0 Å². The van der Waals surface area contributed by atoms with Gasteiger partial charge in [0.15, 0.2) is 0 Å². The van der Waals surface area contributed by atoms with Crippen molar-refractivity contribution in [3.63, 3.8) is 0 Å². The molecule has 1 unspecified atom stereocenters. The van der Waals surface area contributed by atoms with Crippen LogP contribution in [0.4, 0.5) is 5.95 Å². The Balaban J connectivity index is 2.61. The maximum Gasteiger partial charge on any atom is 0.317 e. The molecule has 0 aliphatic heterocycles. The zero-order valence-electron chi connectivity index (χ0n) is 7.02. The van der Waals surface area contributed by atoms with Crippen LogP contribution in [0.15, 0.2) is 5.16 Å². The molecule has 6 nitrogen and oxygen atoms in total. The van der Waals surface area contributed by atoms with Gasteiger partial charge in [0.25, 0.3) is 0 Å². The molecule has 13 heavy (non-hydrogen) atoms. The van der Waals surface area contributed by atoms with Crippen molar-refractivity contribution in [2.75, 3.05) is 5.73 Å². The van der Waals surface area contributed by atoms with E-state index in [0.29, 0.717) is 11.6 Å². The van der Waals surface area contributed by atoms with Gasteiger partial charge in [-0.25, -0.2) is 5.10 Å². The summed E-state index contributed by atoms with van der Waals surface area (Å²) in [7, 11) is 0. The van der Waals surface area contributed by atoms with Crippen molar-refractivity contribution in [2.45, 2.75) is 23.8 Å². The van der Waals surface area contributed by atoms with E-state index in [2.05, 4.69) is 15.2 Å². The third-order valence-electron chi connectivity index (χ3n) is 1.38. The zero-order chi connectivity index (χ0) is 9.84. The fourth-order valence-electron chi connectivity index (χ4n) is 0.746. The van der Waals surface area contributed by atoms with Gasteiger partial charge in [0.05, 0.1) is 0 Å². The lowest BCUT2D eigenvalue weighted by Crippen LogP contribution is -2.14. The first kappa shape index (κ1) is 9.85. The molecule has 0 saturated heterocycles. The van der Waals surface area contributed by atoms with Crippen LogP contribution in [-0.2, 0) is 4.79 Å². The van der Waals surface area contributed by atoms with E-state index < -0.39 is 11.2 Å². The molecule has 0 bridgehead atoms. The van der Waals surface area contributed by atoms with Crippen molar-refractivity contribution in [3.8, 4) is 0 Å². The molecule has 0 aliphatic carbocycles. The minimum absolute atomic E-state index is 0.197. The number of nitrogens with zero attached hydrogens (tertiary/aromatic N) is 2. The second-order valence-electron chi connectivity index (χ2n) is 2.36. The number of H-pyrrole nitrogens is 1. The Kier molecular flexibility index (Phi) is 3.13. The highest BCUT2D eigenvalue weighted by Crippen LogP contribution is 2.21. The molecule has 0 aromatic carbocycles. The van der Waals surface area contributed by atoms with Gasteiger partial charge in [-0.15, -0.1) is 5.10 Å². The third kappa shape index (κ3) is 2.62. The summed E-state index contributed by atoms with van der Waals surface area (Å²) in [5.74, 6) is -0.668. The van der Waals surface area contributed by atoms with E-state index in [4.69, 9.17) is 10.8 Å². The second-order valence-corrected chi connectivity index (χ2v) is 3.53. The number of aliphatic carboxylic acids is 1. The first-order valence-corrected chi connectivity index (χ1v) is 4.58. The van der Waals surface area contributed by atoms with Crippen molar-refractivity contribution in [2.24, 2.45) is 0 Å². The lowest BCUT2D eigenvalue weighted by Gasteiger charge is -2.04. The van der Waals surface area contributed by atoms with Crippen LogP contribution in [0.1, 0.15) is 13.3 Å². The first-order chi connectivity index (χ1) is 6.13. The van der Waals surface area contributed by atoms with E-state index in [1.807, 2.05) is 0 Å². The molecule has 0 spiro atoms. The van der Waals surface area contributed by atoms with Crippen molar-refractivity contribution in [1.29, 1.82) is 0 Å². The smallest absolute Gasteiger partial charge is 0.317 e. The quantitative estimate of drug-likeness (QED) is 0.608. The van der Waals surface area contributed by atoms with E-state index in [9.17, 15) is 4.79 Å². The van der Waals surface area contributed by atoms with Crippen molar-refractivity contribution in [1.82, 2.24) is 15.2 Å². The number of thioether (sulfide) groups is 1. The third-order valence-corrected chi connectivity index (χ3v) is 2.59. The molecule has 1 aromatic heterocycles. The maximum atomic E-state index is 10.6. The summed E-state index contributed by atoms with van der Waals surface area (Å²) < 4.78 is 0. The molecular formula is C6H10N4O2S. The number of nitrogen functional groups attached to an aromatic ring is 1. The Labute approximate surface area is 78.9 Å². The summed E-state index contributed by atoms with van der Waals surface area (Å²) in [5, 5.41) is 14.7. The molecule has 4 N–H and O–H groups in total. The predicted molar refractivity (Wildman–Crippen MR) is 48.4 cm³/mol. The normalized spacial score (nSPS) is 12.7. The summed E-state index contributed by atoms with van der Waals surface area (Å²) in [6, 6.07) is 0. The monoisotopic (exact) mass is 202 g/mol. The SMILES string of the molecule is CCC(Sc1n[nH]c(N)n1)C(=O)O. The molecule has 0 radical (unpaired) electrons. The van der Waals surface area contributed by atoms with Gasteiger partial charge in [0.1, 0.15) is 5.25 Å². The van der Waals surface area contributed by atoms with Gasteiger partial charge in [-0.05, 0) is 6.42 Å². The van der Waals surface area contributed by atoms with Gasteiger partial charge in [-0.2, -0.15) is 4.98 Å². The summed E-state index contributed by atoms with van der Waals surface area (Å²) in [6.45, 7) is 1.79. The van der Waals surface area contributed by atoms with Crippen LogP contribution in [0.5, 0.6) is 0 Å². The van der Waals surface area contributed by atoms with Crippen LogP contribution >= 0.6 is 11.8 Å². The van der Waals surface area contributed by atoms with Gasteiger partial charge in [0.2, 0.25) is 11.1 Å². The lowest BCUT2D eigenvalue weighted by molar-refractivity contribution is -0.136. The van der Waals surface area contributed by atoms with E-state index in [0.717, 1.165) is 11.8 Å². The summed E-state index contributed by atoms with van der Waals surface area (Å²) in [5.41, 5.74) is 5.28. The van der Waals surface area contributed by atoms with Gasteiger partial charge < -0.3 is 10.8 Å². The molecule has 72 valence electrons. The Bertz CT molecular complexity index is 301. The number of anilines is 1. The van der Waals surface area contributed by atoms with Crippen LogP contribution in [0.25, 0.3) is 0 Å². The highest BCUT2D eigenvalue weighted by atomic mass is 32.2. The molecule has 0 fully saturated rings. The number of nitrogens with two attached hydrogens (primary N) is 1. The Morgan fingerprint density at radius 1 is 1.85 bits per heavy atom. The summed E-state index contributed by atoms with van der Waals surface area (Å²) in [6.07, 6.45) is 0.522. The summed E-state index contributed by atoms with van der Waals surface area (Å²) in [4.78, 5) is 14.4. The lowest BCUT2D eigenvalue weighted by atomic mass is 10.3. The average Bonchev–Trinajstić information content (AvgIpc) is 2.46. The fourth-order valence-corrected chi connectivity index (χ4v) is 1.52. The minimum Gasteiger partial charge on any atom is -0.480 e. The summed E-state index contributed by atoms with van der Waals surface area (Å²) >= 11 is 1.08. The molecular weight excluding hydrogens is 192 g/mol. The molecule has 7 heteroatoms. The van der Waals surface area contributed by atoms with Gasteiger partial charge >= 0.3 is 5.97 Å². The van der Waals surface area contributed by atoms with E-state index >= 15 is 0 Å². The molecule has 0 saturated carbocycles. The molecule has 0 amide bonds. The van der Waals surface area contributed by atoms with E-state index in [1.54, 1.807) is 6.92 Å². The molecule has 1 aromatic rings. The predicted octanol–water partition coefficient (Wildman–Crippen LogP) is 0.342. The number of carbonyl (C=O) groups is 1.